The molecule has 0 fully saturated rings. The van der Waals surface area contributed by atoms with Gasteiger partial charge >= 0.3 is 12.4 Å². The monoisotopic (exact) mass is 368 g/mol. The Morgan fingerprint density at radius 1 is 0.654 bits per heavy atom. The molecule has 0 aliphatic carbocycles. The fourth-order valence-corrected chi connectivity index (χ4v) is 3.57. The van der Waals surface area contributed by atoms with Gasteiger partial charge in [-0.3, -0.25) is 9.59 Å². The lowest BCUT2D eigenvalue weighted by atomic mass is 9.94. The van der Waals surface area contributed by atoms with Gasteiger partial charge in [0.25, 0.3) is 0 Å². The van der Waals surface area contributed by atoms with Gasteiger partial charge in [-0.1, -0.05) is 117 Å². The van der Waals surface area contributed by atoms with Crippen molar-refractivity contribution in [1.29, 1.82) is 0 Å². The SMILES string of the molecule is CCCCCCCCCCC(CCCCCCCCCC)C(=O)OC=O. The Morgan fingerprint density at radius 3 is 1.35 bits per heavy atom. The van der Waals surface area contributed by atoms with Crippen molar-refractivity contribution in [3.8, 4) is 0 Å². The fraction of sp³-hybridized carbons (Fsp3) is 0.913. The van der Waals surface area contributed by atoms with Crippen LogP contribution >= 0.6 is 0 Å². The van der Waals surface area contributed by atoms with E-state index in [1.807, 2.05) is 0 Å². The molecule has 0 aromatic rings. The van der Waals surface area contributed by atoms with E-state index in [1.165, 1.54) is 89.9 Å². The molecule has 0 spiro atoms. The van der Waals surface area contributed by atoms with Gasteiger partial charge in [-0.2, -0.15) is 0 Å². The fourth-order valence-electron chi connectivity index (χ4n) is 3.57. The maximum atomic E-state index is 12.0. The highest BCUT2D eigenvalue weighted by molar-refractivity contribution is 5.78. The molecule has 0 bridgehead atoms. The van der Waals surface area contributed by atoms with Crippen molar-refractivity contribution in [3.63, 3.8) is 0 Å². The minimum atomic E-state index is -0.314. The molecule has 154 valence electrons. The van der Waals surface area contributed by atoms with Crippen LogP contribution in [0.1, 0.15) is 129 Å². The molecule has 3 heteroatoms. The number of unbranched alkanes of at least 4 members (excludes halogenated alkanes) is 14. The minimum absolute atomic E-state index is 0.0830. The van der Waals surface area contributed by atoms with E-state index in [4.69, 9.17) is 0 Å². The number of esters is 1. The normalized spacial score (nSPS) is 11.0. The lowest BCUT2D eigenvalue weighted by Crippen LogP contribution is -2.17. The zero-order valence-electron chi connectivity index (χ0n) is 17.6. The second-order valence-electron chi connectivity index (χ2n) is 7.76. The second kappa shape index (κ2) is 20.5. The molecule has 0 unspecified atom stereocenters. The van der Waals surface area contributed by atoms with Gasteiger partial charge < -0.3 is 4.74 Å². The van der Waals surface area contributed by atoms with Crippen LogP contribution < -0.4 is 0 Å². The molecule has 0 aliphatic heterocycles. The van der Waals surface area contributed by atoms with Crippen LogP contribution in [0.4, 0.5) is 0 Å². The quantitative estimate of drug-likeness (QED) is 0.0975. The highest BCUT2D eigenvalue weighted by atomic mass is 16.6. The lowest BCUT2D eigenvalue weighted by molar-refractivity contribution is -0.155. The van der Waals surface area contributed by atoms with E-state index < -0.39 is 0 Å². The minimum Gasteiger partial charge on any atom is -0.395 e. The number of hydrogen-bond donors (Lipinski definition) is 0. The second-order valence-corrected chi connectivity index (χ2v) is 7.76. The van der Waals surface area contributed by atoms with Crippen LogP contribution in [-0.2, 0) is 14.3 Å². The zero-order chi connectivity index (χ0) is 19.3. The molecule has 0 saturated carbocycles. The summed E-state index contributed by atoms with van der Waals surface area (Å²) < 4.78 is 4.63. The Kier molecular flexibility index (Phi) is 19.8. The molecule has 0 radical (unpaired) electrons. The van der Waals surface area contributed by atoms with Gasteiger partial charge in [0.1, 0.15) is 0 Å². The molecular weight excluding hydrogens is 324 g/mol. The summed E-state index contributed by atoms with van der Waals surface area (Å²) in [4.78, 5) is 22.4. The summed E-state index contributed by atoms with van der Waals surface area (Å²) in [5, 5.41) is 0. The molecule has 0 saturated heterocycles. The van der Waals surface area contributed by atoms with Crippen LogP contribution in [0.2, 0.25) is 0 Å². The molecule has 0 aromatic carbocycles. The van der Waals surface area contributed by atoms with Gasteiger partial charge in [-0.05, 0) is 12.8 Å². The standard InChI is InChI=1S/C23H44O3/c1-3-5-7-9-11-13-15-17-19-22(23(25)26-21-24)20-18-16-14-12-10-8-6-4-2/h21-22H,3-20H2,1-2H3. The third-order valence-electron chi connectivity index (χ3n) is 5.31. The molecule has 0 aliphatic rings. The molecule has 0 rings (SSSR count). The number of carbonyl (C=O) groups excluding carboxylic acids is 2. The Balaban J connectivity index is 3.78. The van der Waals surface area contributed by atoms with Gasteiger partial charge in [-0.25, -0.2) is 0 Å². The van der Waals surface area contributed by atoms with Crippen LogP contribution in [0, 0.1) is 5.92 Å². The molecule has 0 N–H and O–H groups in total. The highest BCUT2D eigenvalue weighted by Gasteiger charge is 2.19. The predicted molar refractivity (Wildman–Crippen MR) is 110 cm³/mol. The number of ether oxygens (including phenoxy) is 1. The summed E-state index contributed by atoms with van der Waals surface area (Å²) >= 11 is 0. The van der Waals surface area contributed by atoms with E-state index in [-0.39, 0.29) is 18.4 Å². The van der Waals surface area contributed by atoms with E-state index in [0.29, 0.717) is 0 Å². The van der Waals surface area contributed by atoms with Crippen LogP contribution in [0.15, 0.2) is 0 Å². The molecule has 0 atom stereocenters. The van der Waals surface area contributed by atoms with Crippen LogP contribution in [-0.4, -0.2) is 12.4 Å². The van der Waals surface area contributed by atoms with Gasteiger partial charge in [-0.15, -0.1) is 0 Å². The number of rotatable bonds is 20. The average molecular weight is 369 g/mol. The predicted octanol–water partition coefficient (Wildman–Crippen LogP) is 7.36. The molecular formula is C23H44O3. The van der Waals surface area contributed by atoms with Gasteiger partial charge in [0.05, 0.1) is 5.92 Å². The van der Waals surface area contributed by atoms with E-state index in [0.717, 1.165) is 25.7 Å². The average Bonchev–Trinajstić information content (AvgIpc) is 2.64. The first kappa shape index (κ1) is 25.1. The summed E-state index contributed by atoms with van der Waals surface area (Å²) in [5.41, 5.74) is 0. The molecule has 0 aromatic heterocycles. The van der Waals surface area contributed by atoms with Gasteiger partial charge in [0.15, 0.2) is 0 Å². The van der Waals surface area contributed by atoms with Crippen LogP contribution in [0.5, 0.6) is 0 Å². The summed E-state index contributed by atoms with van der Waals surface area (Å²) in [6.07, 6.45) is 22.1. The van der Waals surface area contributed by atoms with Crippen LogP contribution in [0.25, 0.3) is 0 Å². The van der Waals surface area contributed by atoms with E-state index in [2.05, 4.69) is 18.6 Å². The summed E-state index contributed by atoms with van der Waals surface area (Å²) in [6, 6.07) is 0. The Labute approximate surface area is 162 Å². The first-order valence-corrected chi connectivity index (χ1v) is 11.4. The van der Waals surface area contributed by atoms with Crippen LogP contribution in [0.3, 0.4) is 0 Å². The van der Waals surface area contributed by atoms with Crippen molar-refractivity contribution >= 4 is 12.4 Å². The molecule has 0 amide bonds. The van der Waals surface area contributed by atoms with Crippen molar-refractivity contribution < 1.29 is 14.3 Å². The summed E-state index contributed by atoms with van der Waals surface area (Å²) in [5.74, 6) is -0.397. The largest absolute Gasteiger partial charge is 0.395 e. The Bertz CT molecular complexity index is 295. The Morgan fingerprint density at radius 2 is 1.00 bits per heavy atom. The Hall–Kier alpha value is -0.860. The van der Waals surface area contributed by atoms with Crippen molar-refractivity contribution in [2.45, 2.75) is 129 Å². The topological polar surface area (TPSA) is 43.4 Å². The van der Waals surface area contributed by atoms with Crippen molar-refractivity contribution in [1.82, 2.24) is 0 Å². The smallest absolute Gasteiger partial charge is 0.316 e. The first-order valence-electron chi connectivity index (χ1n) is 11.4. The van der Waals surface area contributed by atoms with E-state index in [1.54, 1.807) is 0 Å². The molecule has 0 heterocycles. The third kappa shape index (κ3) is 16.6. The molecule has 26 heavy (non-hydrogen) atoms. The summed E-state index contributed by atoms with van der Waals surface area (Å²) in [6.45, 7) is 4.77. The highest BCUT2D eigenvalue weighted by Crippen LogP contribution is 2.20. The number of carbonyl (C=O) groups is 2. The third-order valence-corrected chi connectivity index (χ3v) is 5.31. The summed E-state index contributed by atoms with van der Waals surface area (Å²) in [7, 11) is 0. The van der Waals surface area contributed by atoms with E-state index >= 15 is 0 Å². The first-order chi connectivity index (χ1) is 12.8. The van der Waals surface area contributed by atoms with Crippen molar-refractivity contribution in [2.24, 2.45) is 5.92 Å². The molecule has 3 nitrogen and oxygen atoms in total. The van der Waals surface area contributed by atoms with Gasteiger partial charge in [0.2, 0.25) is 0 Å². The lowest BCUT2D eigenvalue weighted by Gasteiger charge is -2.14. The maximum Gasteiger partial charge on any atom is 0.316 e. The van der Waals surface area contributed by atoms with E-state index in [9.17, 15) is 9.59 Å². The number of hydrogen-bond acceptors (Lipinski definition) is 3. The van der Waals surface area contributed by atoms with Crippen molar-refractivity contribution in [3.05, 3.63) is 0 Å². The maximum absolute atomic E-state index is 12.0. The zero-order valence-corrected chi connectivity index (χ0v) is 17.6. The van der Waals surface area contributed by atoms with Gasteiger partial charge in [0, 0.05) is 0 Å². The van der Waals surface area contributed by atoms with Crippen molar-refractivity contribution in [2.75, 3.05) is 0 Å².